The third-order valence-electron chi connectivity index (χ3n) is 4.66. The van der Waals surface area contributed by atoms with E-state index in [1.54, 1.807) is 6.20 Å². The van der Waals surface area contributed by atoms with Gasteiger partial charge in [-0.3, -0.25) is 0 Å². The molecular weight excluding hydrogens is 258 g/mol. The van der Waals surface area contributed by atoms with Gasteiger partial charge in [-0.05, 0) is 55.0 Å². The molecular formula is C18H25N3. The Bertz CT molecular complexity index is 542. The van der Waals surface area contributed by atoms with Crippen LogP contribution in [0, 0.1) is 11.8 Å². The molecule has 1 fully saturated rings. The molecule has 3 rings (SSSR count). The van der Waals surface area contributed by atoms with Crippen molar-refractivity contribution in [2.75, 3.05) is 5.32 Å². The summed E-state index contributed by atoms with van der Waals surface area (Å²) < 4.78 is 1.89. The molecule has 1 saturated carbocycles. The molecule has 112 valence electrons. The first-order chi connectivity index (χ1) is 10.2. The molecule has 1 aromatic heterocycles. The maximum Gasteiger partial charge on any atom is 0.0647 e. The average molecular weight is 283 g/mol. The zero-order valence-electron chi connectivity index (χ0n) is 13.0. The van der Waals surface area contributed by atoms with Crippen LogP contribution in [-0.2, 0) is 0 Å². The fourth-order valence-corrected chi connectivity index (χ4v) is 3.48. The van der Waals surface area contributed by atoms with Gasteiger partial charge in [-0.1, -0.05) is 26.7 Å². The number of hydrogen-bond donors (Lipinski definition) is 1. The number of nitrogens with one attached hydrogen (secondary N) is 1. The summed E-state index contributed by atoms with van der Waals surface area (Å²) in [6.07, 6.45) is 9.18. The molecule has 3 heteroatoms. The molecule has 0 radical (unpaired) electrons. The Morgan fingerprint density at radius 1 is 1.14 bits per heavy atom. The van der Waals surface area contributed by atoms with Crippen LogP contribution < -0.4 is 5.32 Å². The van der Waals surface area contributed by atoms with Gasteiger partial charge in [0.15, 0.2) is 0 Å². The van der Waals surface area contributed by atoms with E-state index in [1.165, 1.54) is 31.4 Å². The predicted octanol–water partition coefficient (Wildman–Crippen LogP) is 4.50. The molecule has 1 heterocycles. The van der Waals surface area contributed by atoms with Crippen LogP contribution in [0.15, 0.2) is 42.7 Å². The lowest BCUT2D eigenvalue weighted by Gasteiger charge is -2.35. The van der Waals surface area contributed by atoms with Gasteiger partial charge in [0.2, 0.25) is 0 Å². The summed E-state index contributed by atoms with van der Waals surface area (Å²) in [5, 5.41) is 8.02. The summed E-state index contributed by atoms with van der Waals surface area (Å²) in [5.74, 6) is 1.55. The molecule has 0 aliphatic heterocycles. The van der Waals surface area contributed by atoms with Crippen LogP contribution in [0.25, 0.3) is 5.69 Å². The highest BCUT2D eigenvalue weighted by Gasteiger charge is 2.27. The molecule has 1 N–H and O–H groups in total. The summed E-state index contributed by atoms with van der Waals surface area (Å²) >= 11 is 0. The normalized spacial score (nSPS) is 22.4. The summed E-state index contributed by atoms with van der Waals surface area (Å²) in [4.78, 5) is 0. The predicted molar refractivity (Wildman–Crippen MR) is 87.8 cm³/mol. The van der Waals surface area contributed by atoms with Crippen LogP contribution in [-0.4, -0.2) is 15.8 Å². The Morgan fingerprint density at radius 3 is 2.57 bits per heavy atom. The Balaban J connectivity index is 1.69. The lowest BCUT2D eigenvalue weighted by Crippen LogP contribution is -2.35. The van der Waals surface area contributed by atoms with Gasteiger partial charge >= 0.3 is 0 Å². The van der Waals surface area contributed by atoms with Crippen LogP contribution >= 0.6 is 0 Å². The van der Waals surface area contributed by atoms with Crippen molar-refractivity contribution in [1.82, 2.24) is 9.78 Å². The quantitative estimate of drug-likeness (QED) is 0.895. The maximum atomic E-state index is 4.26. The molecule has 0 saturated heterocycles. The second kappa shape index (κ2) is 6.33. The van der Waals surface area contributed by atoms with Crippen molar-refractivity contribution >= 4 is 5.69 Å². The van der Waals surface area contributed by atoms with Crippen LogP contribution in [0.4, 0.5) is 5.69 Å². The summed E-state index contributed by atoms with van der Waals surface area (Å²) in [6, 6.07) is 11.2. The Morgan fingerprint density at radius 2 is 1.90 bits per heavy atom. The van der Waals surface area contributed by atoms with Gasteiger partial charge in [0, 0.05) is 24.1 Å². The number of nitrogens with zero attached hydrogens (tertiary/aromatic N) is 2. The second-order valence-electron chi connectivity index (χ2n) is 6.44. The average Bonchev–Trinajstić information content (AvgIpc) is 3.03. The van der Waals surface area contributed by atoms with E-state index in [9.17, 15) is 0 Å². The zero-order valence-corrected chi connectivity index (χ0v) is 13.0. The minimum Gasteiger partial charge on any atom is -0.382 e. The van der Waals surface area contributed by atoms with E-state index >= 15 is 0 Å². The molecule has 1 aromatic carbocycles. The van der Waals surface area contributed by atoms with E-state index < -0.39 is 0 Å². The molecule has 2 atom stereocenters. The van der Waals surface area contributed by atoms with E-state index in [0.29, 0.717) is 6.04 Å². The van der Waals surface area contributed by atoms with Crippen molar-refractivity contribution in [3.8, 4) is 5.69 Å². The Labute approximate surface area is 127 Å². The highest BCUT2D eigenvalue weighted by molar-refractivity contribution is 5.49. The van der Waals surface area contributed by atoms with Gasteiger partial charge in [-0.25, -0.2) is 4.68 Å². The van der Waals surface area contributed by atoms with Gasteiger partial charge in [-0.15, -0.1) is 0 Å². The van der Waals surface area contributed by atoms with Crippen molar-refractivity contribution in [2.45, 2.75) is 45.6 Å². The molecule has 21 heavy (non-hydrogen) atoms. The van der Waals surface area contributed by atoms with Crippen LogP contribution in [0.5, 0.6) is 0 Å². The first-order valence-corrected chi connectivity index (χ1v) is 8.10. The molecule has 2 unspecified atom stereocenters. The summed E-state index contributed by atoms with van der Waals surface area (Å²) in [5.41, 5.74) is 2.33. The largest absolute Gasteiger partial charge is 0.382 e. The summed E-state index contributed by atoms with van der Waals surface area (Å²) in [6.45, 7) is 4.71. The summed E-state index contributed by atoms with van der Waals surface area (Å²) in [7, 11) is 0. The first kappa shape index (κ1) is 14.2. The molecule has 0 bridgehead atoms. The number of rotatable bonds is 4. The van der Waals surface area contributed by atoms with E-state index in [0.717, 1.165) is 17.5 Å². The van der Waals surface area contributed by atoms with Crippen LogP contribution in [0.2, 0.25) is 0 Å². The van der Waals surface area contributed by atoms with E-state index in [-0.39, 0.29) is 0 Å². The van der Waals surface area contributed by atoms with Crippen molar-refractivity contribution in [3.05, 3.63) is 42.7 Å². The van der Waals surface area contributed by atoms with E-state index in [1.807, 2.05) is 16.9 Å². The molecule has 0 spiro atoms. The number of anilines is 1. The van der Waals surface area contributed by atoms with Crippen molar-refractivity contribution in [3.63, 3.8) is 0 Å². The molecule has 3 nitrogen and oxygen atoms in total. The standard InChI is InChI=1S/C18H25N3/c1-14(2)17-6-3-4-7-18(17)20-15-8-10-16(11-9-15)21-13-5-12-19-21/h5,8-14,17-18,20H,3-4,6-7H2,1-2H3. The van der Waals surface area contributed by atoms with Gasteiger partial charge in [0.25, 0.3) is 0 Å². The van der Waals surface area contributed by atoms with Crippen LogP contribution in [0.1, 0.15) is 39.5 Å². The van der Waals surface area contributed by atoms with Gasteiger partial charge in [0.1, 0.15) is 0 Å². The Kier molecular flexibility index (Phi) is 4.28. The van der Waals surface area contributed by atoms with Crippen LogP contribution in [0.3, 0.4) is 0 Å². The second-order valence-corrected chi connectivity index (χ2v) is 6.44. The molecule has 1 aliphatic rings. The number of hydrogen-bond acceptors (Lipinski definition) is 2. The fourth-order valence-electron chi connectivity index (χ4n) is 3.48. The number of aromatic nitrogens is 2. The van der Waals surface area contributed by atoms with Gasteiger partial charge < -0.3 is 5.32 Å². The zero-order chi connectivity index (χ0) is 14.7. The molecule has 2 aromatic rings. The van der Waals surface area contributed by atoms with Gasteiger partial charge in [0.05, 0.1) is 5.69 Å². The third-order valence-corrected chi connectivity index (χ3v) is 4.66. The fraction of sp³-hybridized carbons (Fsp3) is 0.500. The lowest BCUT2D eigenvalue weighted by atomic mass is 9.78. The molecule has 1 aliphatic carbocycles. The highest BCUT2D eigenvalue weighted by atomic mass is 15.3. The monoisotopic (exact) mass is 283 g/mol. The first-order valence-electron chi connectivity index (χ1n) is 8.10. The highest BCUT2D eigenvalue weighted by Crippen LogP contribution is 2.32. The minimum atomic E-state index is 0.620. The maximum absolute atomic E-state index is 4.26. The van der Waals surface area contributed by atoms with E-state index in [2.05, 4.69) is 48.5 Å². The lowest BCUT2D eigenvalue weighted by molar-refractivity contribution is 0.254. The van der Waals surface area contributed by atoms with Crippen molar-refractivity contribution < 1.29 is 0 Å². The topological polar surface area (TPSA) is 29.9 Å². The van der Waals surface area contributed by atoms with Gasteiger partial charge in [-0.2, -0.15) is 5.10 Å². The smallest absolute Gasteiger partial charge is 0.0647 e. The number of benzene rings is 1. The van der Waals surface area contributed by atoms with Crippen molar-refractivity contribution in [2.24, 2.45) is 11.8 Å². The SMILES string of the molecule is CC(C)C1CCCCC1Nc1ccc(-n2cccn2)cc1. The third kappa shape index (κ3) is 3.29. The molecule has 0 amide bonds. The van der Waals surface area contributed by atoms with Crippen molar-refractivity contribution in [1.29, 1.82) is 0 Å². The minimum absolute atomic E-state index is 0.620. The van der Waals surface area contributed by atoms with E-state index in [4.69, 9.17) is 0 Å². The Hall–Kier alpha value is -1.77.